The Balaban J connectivity index is 1.62. The smallest absolute Gasteiger partial charge is 0.227 e. The van der Waals surface area contributed by atoms with Crippen LogP contribution < -0.4 is 23.7 Å². The molecule has 0 saturated carbocycles. The lowest BCUT2D eigenvalue weighted by Crippen LogP contribution is -2.51. The monoisotopic (exact) mass is 431 g/mol. The molecule has 2 atom stereocenters. The van der Waals surface area contributed by atoms with E-state index in [1.54, 1.807) is 69.7 Å². The highest BCUT2D eigenvalue weighted by atomic mass is 16.5. The average Bonchev–Trinajstić information content (AvgIpc) is 2.80. The van der Waals surface area contributed by atoms with Gasteiger partial charge in [0.15, 0.2) is 11.5 Å². The van der Waals surface area contributed by atoms with E-state index in [1.165, 1.54) is 0 Å². The van der Waals surface area contributed by atoms with Crippen LogP contribution in [0, 0.1) is 0 Å². The van der Waals surface area contributed by atoms with Crippen molar-refractivity contribution in [2.45, 2.75) is 25.0 Å². The first-order chi connectivity index (χ1) is 15.0. The van der Waals surface area contributed by atoms with E-state index < -0.39 is 12.2 Å². The number of hydrogen-bond donors (Lipinski definition) is 1. The van der Waals surface area contributed by atoms with Crippen LogP contribution >= 0.6 is 0 Å². The number of carbonyl (C=O) groups is 1. The number of aliphatic hydroxyl groups excluding tert-OH is 1. The number of methoxy groups -OCH3 is 4. The zero-order valence-electron chi connectivity index (χ0n) is 18.3. The number of rotatable bonds is 8. The molecule has 0 aliphatic carbocycles. The number of β-amino-alcohol motifs (C(OH)–C–C–N with tert-alkyl or cyclic N) is 1. The highest BCUT2D eigenvalue weighted by Gasteiger charge is 2.32. The van der Waals surface area contributed by atoms with Gasteiger partial charge in [-0.25, -0.2) is 0 Å². The Hall–Kier alpha value is -3.13. The van der Waals surface area contributed by atoms with Crippen molar-refractivity contribution in [1.29, 1.82) is 0 Å². The lowest BCUT2D eigenvalue weighted by molar-refractivity contribution is -0.136. The number of ether oxygens (including phenoxy) is 5. The van der Waals surface area contributed by atoms with Crippen molar-refractivity contribution in [2.24, 2.45) is 0 Å². The first-order valence-corrected chi connectivity index (χ1v) is 10.0. The maximum absolute atomic E-state index is 12.8. The van der Waals surface area contributed by atoms with Crippen LogP contribution in [0.2, 0.25) is 0 Å². The van der Waals surface area contributed by atoms with Gasteiger partial charge in [0.1, 0.15) is 29.5 Å². The summed E-state index contributed by atoms with van der Waals surface area (Å²) in [6.45, 7) is 0.684. The van der Waals surface area contributed by atoms with Crippen molar-refractivity contribution < 1.29 is 33.6 Å². The standard InChI is InChI=1S/C23H29NO7/c1-27-16-5-7-19(28-2)15(11-16)12-23(26)24-10-9-20(18(25)14-24)31-17-6-8-21(29-3)22(13-17)30-4/h5-8,11,13,18,20,25H,9-10,12,14H2,1-4H3/t18-,20-/m1/s1. The van der Waals surface area contributed by atoms with E-state index in [0.29, 0.717) is 41.7 Å². The Morgan fingerprint density at radius 1 is 0.935 bits per heavy atom. The van der Waals surface area contributed by atoms with Crippen molar-refractivity contribution in [3.63, 3.8) is 0 Å². The summed E-state index contributed by atoms with van der Waals surface area (Å²) in [6.07, 6.45) is -0.559. The van der Waals surface area contributed by atoms with Crippen molar-refractivity contribution in [3.8, 4) is 28.7 Å². The third-order valence-electron chi connectivity index (χ3n) is 5.34. The van der Waals surface area contributed by atoms with Gasteiger partial charge in [0.05, 0.1) is 41.4 Å². The molecule has 1 saturated heterocycles. The minimum atomic E-state index is -0.807. The van der Waals surface area contributed by atoms with Crippen LogP contribution in [-0.4, -0.2) is 69.7 Å². The molecular formula is C23H29NO7. The van der Waals surface area contributed by atoms with E-state index in [1.807, 2.05) is 0 Å². The van der Waals surface area contributed by atoms with Gasteiger partial charge in [0.2, 0.25) is 5.91 Å². The number of nitrogens with zero attached hydrogens (tertiary/aromatic N) is 1. The minimum Gasteiger partial charge on any atom is -0.497 e. The van der Waals surface area contributed by atoms with Crippen molar-refractivity contribution >= 4 is 5.91 Å². The Morgan fingerprint density at radius 2 is 1.61 bits per heavy atom. The molecule has 3 rings (SSSR count). The molecule has 1 N–H and O–H groups in total. The largest absolute Gasteiger partial charge is 0.497 e. The summed E-state index contributed by atoms with van der Waals surface area (Å²) in [5, 5.41) is 10.6. The average molecular weight is 431 g/mol. The second-order valence-corrected chi connectivity index (χ2v) is 7.22. The quantitative estimate of drug-likeness (QED) is 0.686. The predicted octanol–water partition coefficient (Wildman–Crippen LogP) is 2.30. The summed E-state index contributed by atoms with van der Waals surface area (Å²) >= 11 is 0. The number of amides is 1. The molecule has 0 bridgehead atoms. The Kier molecular flexibility index (Phi) is 7.46. The predicted molar refractivity (Wildman–Crippen MR) is 114 cm³/mol. The summed E-state index contributed by atoms with van der Waals surface area (Å²) in [4.78, 5) is 14.5. The van der Waals surface area contributed by atoms with E-state index in [4.69, 9.17) is 23.7 Å². The van der Waals surface area contributed by atoms with Crippen molar-refractivity contribution in [1.82, 2.24) is 4.90 Å². The van der Waals surface area contributed by atoms with Crippen molar-refractivity contribution in [2.75, 3.05) is 41.5 Å². The van der Waals surface area contributed by atoms with Crippen LogP contribution in [0.3, 0.4) is 0 Å². The van der Waals surface area contributed by atoms with E-state index in [-0.39, 0.29) is 18.9 Å². The van der Waals surface area contributed by atoms with Gasteiger partial charge in [-0.05, 0) is 30.3 Å². The molecule has 0 radical (unpaired) electrons. The second-order valence-electron chi connectivity index (χ2n) is 7.22. The lowest BCUT2D eigenvalue weighted by Gasteiger charge is -2.36. The fourth-order valence-corrected chi connectivity index (χ4v) is 3.63. The molecule has 1 aliphatic rings. The molecule has 8 heteroatoms. The molecule has 0 unspecified atom stereocenters. The van der Waals surface area contributed by atoms with Gasteiger partial charge >= 0.3 is 0 Å². The molecule has 2 aromatic carbocycles. The fourth-order valence-electron chi connectivity index (χ4n) is 3.63. The summed E-state index contributed by atoms with van der Waals surface area (Å²) in [5.41, 5.74) is 0.741. The van der Waals surface area contributed by atoms with Crippen LogP contribution in [-0.2, 0) is 11.2 Å². The van der Waals surface area contributed by atoms with Crippen LogP contribution in [0.4, 0.5) is 0 Å². The highest BCUT2D eigenvalue weighted by molar-refractivity contribution is 5.80. The number of likely N-dealkylation sites (tertiary alicyclic amines) is 1. The molecule has 0 spiro atoms. The zero-order chi connectivity index (χ0) is 22.4. The third kappa shape index (κ3) is 5.32. The maximum atomic E-state index is 12.8. The maximum Gasteiger partial charge on any atom is 0.227 e. The van der Waals surface area contributed by atoms with E-state index >= 15 is 0 Å². The molecule has 0 aromatic heterocycles. The number of aliphatic hydroxyl groups is 1. The molecule has 1 amide bonds. The zero-order valence-corrected chi connectivity index (χ0v) is 18.3. The van der Waals surface area contributed by atoms with Crippen LogP contribution in [0.1, 0.15) is 12.0 Å². The van der Waals surface area contributed by atoms with E-state index in [0.717, 1.165) is 5.56 Å². The summed E-state index contributed by atoms with van der Waals surface area (Å²) in [6, 6.07) is 10.6. The minimum absolute atomic E-state index is 0.0878. The highest BCUT2D eigenvalue weighted by Crippen LogP contribution is 2.32. The Bertz CT molecular complexity index is 901. The molecular weight excluding hydrogens is 402 g/mol. The van der Waals surface area contributed by atoms with Gasteiger partial charge in [-0.15, -0.1) is 0 Å². The van der Waals surface area contributed by atoms with Gasteiger partial charge in [0.25, 0.3) is 0 Å². The molecule has 1 heterocycles. The molecule has 168 valence electrons. The first-order valence-electron chi connectivity index (χ1n) is 10.0. The van der Waals surface area contributed by atoms with Gasteiger partial charge in [-0.1, -0.05) is 0 Å². The number of carbonyl (C=O) groups excluding carboxylic acids is 1. The lowest BCUT2D eigenvalue weighted by atomic mass is 10.0. The van der Waals surface area contributed by atoms with Crippen LogP contribution in [0.25, 0.3) is 0 Å². The number of piperidine rings is 1. The first kappa shape index (κ1) is 22.6. The van der Waals surface area contributed by atoms with E-state index in [2.05, 4.69) is 0 Å². The van der Waals surface area contributed by atoms with E-state index in [9.17, 15) is 9.90 Å². The SMILES string of the molecule is COc1ccc(OC)c(CC(=O)N2CC[C@@H](Oc3ccc(OC)c(OC)c3)[C@H](O)C2)c1. The molecule has 1 fully saturated rings. The van der Waals surface area contributed by atoms with Crippen LogP contribution in [0.5, 0.6) is 28.7 Å². The Labute approximate surface area is 182 Å². The number of hydrogen-bond acceptors (Lipinski definition) is 7. The fraction of sp³-hybridized carbons (Fsp3) is 0.435. The normalized spacial score (nSPS) is 18.3. The second kappa shape index (κ2) is 10.3. The molecule has 31 heavy (non-hydrogen) atoms. The summed E-state index contributed by atoms with van der Waals surface area (Å²) in [7, 11) is 6.26. The third-order valence-corrected chi connectivity index (χ3v) is 5.34. The topological polar surface area (TPSA) is 86.7 Å². The van der Waals surface area contributed by atoms with Gasteiger partial charge in [0, 0.05) is 24.6 Å². The summed E-state index contributed by atoms with van der Waals surface area (Å²) < 4.78 is 27.1. The molecule has 2 aromatic rings. The van der Waals surface area contributed by atoms with Crippen molar-refractivity contribution in [3.05, 3.63) is 42.0 Å². The molecule has 1 aliphatic heterocycles. The number of benzene rings is 2. The van der Waals surface area contributed by atoms with Gasteiger partial charge in [-0.3, -0.25) is 4.79 Å². The van der Waals surface area contributed by atoms with Gasteiger partial charge in [-0.2, -0.15) is 0 Å². The molecule has 8 nitrogen and oxygen atoms in total. The summed E-state index contributed by atoms with van der Waals surface area (Å²) in [5.74, 6) is 2.92. The van der Waals surface area contributed by atoms with Gasteiger partial charge < -0.3 is 33.7 Å². The van der Waals surface area contributed by atoms with Crippen LogP contribution in [0.15, 0.2) is 36.4 Å². The Morgan fingerprint density at radius 3 is 2.26 bits per heavy atom.